The molecule has 0 atom stereocenters. The summed E-state index contributed by atoms with van der Waals surface area (Å²) in [5.74, 6) is 3.05. The van der Waals surface area contributed by atoms with Crippen LogP contribution in [0.25, 0.3) is 0 Å². The maximum Gasteiger partial charge on any atom is 0.167 e. The van der Waals surface area contributed by atoms with E-state index in [2.05, 4.69) is 28.2 Å². The van der Waals surface area contributed by atoms with Gasteiger partial charge in [-0.3, -0.25) is 0 Å². The highest BCUT2D eigenvalue weighted by Crippen LogP contribution is 2.38. The van der Waals surface area contributed by atoms with Gasteiger partial charge in [0.1, 0.15) is 13.2 Å². The lowest BCUT2D eigenvalue weighted by molar-refractivity contribution is 0.171. The zero-order valence-electron chi connectivity index (χ0n) is 14.4. The molecular formula is C19H22BrNO4. The second-order valence-corrected chi connectivity index (χ2v) is 6.47. The number of fused-ring (bicyclic) bond motifs is 1. The number of methoxy groups -OCH3 is 1. The number of hydrogen-bond acceptors (Lipinski definition) is 5. The van der Waals surface area contributed by atoms with Gasteiger partial charge in [-0.15, -0.1) is 0 Å². The van der Waals surface area contributed by atoms with Crippen molar-refractivity contribution in [2.24, 2.45) is 0 Å². The summed E-state index contributed by atoms with van der Waals surface area (Å²) in [6.07, 6.45) is 0.935. The predicted molar refractivity (Wildman–Crippen MR) is 101 cm³/mol. The van der Waals surface area contributed by atoms with Gasteiger partial charge in [0.05, 0.1) is 13.7 Å². The van der Waals surface area contributed by atoms with Crippen molar-refractivity contribution in [2.75, 3.05) is 32.2 Å². The van der Waals surface area contributed by atoms with E-state index >= 15 is 0 Å². The first kappa shape index (κ1) is 17.7. The van der Waals surface area contributed by atoms with E-state index in [0.29, 0.717) is 26.4 Å². The Kier molecular flexibility index (Phi) is 5.91. The lowest BCUT2D eigenvalue weighted by Crippen LogP contribution is -2.15. The molecule has 2 aromatic rings. The highest BCUT2D eigenvalue weighted by Gasteiger charge is 2.16. The van der Waals surface area contributed by atoms with Crippen LogP contribution < -0.4 is 24.3 Å². The topological polar surface area (TPSA) is 49.0 Å². The fourth-order valence-corrected chi connectivity index (χ4v) is 3.07. The highest BCUT2D eigenvalue weighted by molar-refractivity contribution is 9.10. The summed E-state index contributed by atoms with van der Waals surface area (Å²) in [6, 6.07) is 9.73. The van der Waals surface area contributed by atoms with Gasteiger partial charge in [-0.1, -0.05) is 22.9 Å². The molecule has 0 fully saturated rings. The molecule has 0 amide bonds. The van der Waals surface area contributed by atoms with E-state index in [9.17, 15) is 0 Å². The molecule has 6 heteroatoms. The van der Waals surface area contributed by atoms with Crippen molar-refractivity contribution < 1.29 is 18.9 Å². The number of anilines is 1. The average molecular weight is 408 g/mol. The molecule has 1 aliphatic heterocycles. The molecule has 1 aliphatic rings. The minimum atomic E-state index is 0.576. The Balaban J connectivity index is 1.80. The summed E-state index contributed by atoms with van der Waals surface area (Å²) < 4.78 is 23.6. The SMILES string of the molecule is CCCOc1c(OC)ccc(Br)c1CNc1ccc2c(c1)OCCO2. The van der Waals surface area contributed by atoms with Gasteiger partial charge < -0.3 is 24.3 Å². The summed E-state index contributed by atoms with van der Waals surface area (Å²) >= 11 is 3.62. The van der Waals surface area contributed by atoms with Crippen molar-refractivity contribution in [2.45, 2.75) is 19.9 Å². The normalized spacial score (nSPS) is 12.6. The van der Waals surface area contributed by atoms with Crippen LogP contribution in [0.1, 0.15) is 18.9 Å². The third-order valence-electron chi connectivity index (χ3n) is 3.85. The van der Waals surface area contributed by atoms with Gasteiger partial charge in [-0.25, -0.2) is 0 Å². The third kappa shape index (κ3) is 4.12. The van der Waals surface area contributed by atoms with Crippen molar-refractivity contribution in [3.63, 3.8) is 0 Å². The van der Waals surface area contributed by atoms with E-state index in [1.165, 1.54) is 0 Å². The van der Waals surface area contributed by atoms with Crippen LogP contribution in [0, 0.1) is 0 Å². The van der Waals surface area contributed by atoms with Crippen molar-refractivity contribution in [1.82, 2.24) is 0 Å². The Labute approximate surface area is 156 Å². The molecule has 1 N–H and O–H groups in total. The highest BCUT2D eigenvalue weighted by atomic mass is 79.9. The first-order valence-electron chi connectivity index (χ1n) is 8.34. The van der Waals surface area contributed by atoms with Gasteiger partial charge in [0.2, 0.25) is 0 Å². The molecule has 0 saturated carbocycles. The molecule has 2 aromatic carbocycles. The summed E-state index contributed by atoms with van der Waals surface area (Å²) in [4.78, 5) is 0. The second kappa shape index (κ2) is 8.34. The molecule has 25 heavy (non-hydrogen) atoms. The quantitative estimate of drug-likeness (QED) is 0.724. The zero-order chi connectivity index (χ0) is 17.6. The number of hydrogen-bond donors (Lipinski definition) is 1. The van der Waals surface area contributed by atoms with E-state index < -0.39 is 0 Å². The maximum absolute atomic E-state index is 5.93. The Morgan fingerprint density at radius 1 is 1.12 bits per heavy atom. The van der Waals surface area contributed by atoms with Gasteiger partial charge in [0.15, 0.2) is 23.0 Å². The molecule has 0 bridgehead atoms. The lowest BCUT2D eigenvalue weighted by Gasteiger charge is -2.20. The van der Waals surface area contributed by atoms with E-state index in [1.807, 2.05) is 30.3 Å². The Bertz CT molecular complexity index is 736. The van der Waals surface area contributed by atoms with Crippen LogP contribution >= 0.6 is 15.9 Å². The molecule has 134 valence electrons. The van der Waals surface area contributed by atoms with Crippen molar-refractivity contribution >= 4 is 21.6 Å². The van der Waals surface area contributed by atoms with E-state index in [0.717, 1.165) is 45.1 Å². The van der Waals surface area contributed by atoms with E-state index in [4.69, 9.17) is 18.9 Å². The van der Waals surface area contributed by atoms with Crippen molar-refractivity contribution in [3.8, 4) is 23.0 Å². The standard InChI is InChI=1S/C19H22BrNO4/c1-3-8-25-19-14(15(20)5-7-17(19)22-2)12-21-13-4-6-16-18(11-13)24-10-9-23-16/h4-7,11,21H,3,8-10,12H2,1-2H3. The van der Waals surface area contributed by atoms with Gasteiger partial charge in [0.25, 0.3) is 0 Å². The van der Waals surface area contributed by atoms with Crippen LogP contribution in [-0.2, 0) is 6.54 Å². The smallest absolute Gasteiger partial charge is 0.167 e. The van der Waals surface area contributed by atoms with Crippen LogP contribution in [0.3, 0.4) is 0 Å². The van der Waals surface area contributed by atoms with E-state index in [1.54, 1.807) is 7.11 Å². The first-order chi connectivity index (χ1) is 12.2. The molecule has 0 aliphatic carbocycles. The average Bonchev–Trinajstić information content (AvgIpc) is 2.65. The summed E-state index contributed by atoms with van der Waals surface area (Å²) in [5, 5.41) is 3.42. The molecule has 0 spiro atoms. The van der Waals surface area contributed by atoms with Crippen LogP contribution in [0.5, 0.6) is 23.0 Å². The molecule has 0 aromatic heterocycles. The maximum atomic E-state index is 5.93. The number of benzene rings is 2. The molecule has 5 nitrogen and oxygen atoms in total. The van der Waals surface area contributed by atoms with E-state index in [-0.39, 0.29) is 0 Å². The van der Waals surface area contributed by atoms with Crippen LogP contribution in [0.4, 0.5) is 5.69 Å². The Morgan fingerprint density at radius 3 is 2.68 bits per heavy atom. The predicted octanol–water partition coefficient (Wildman–Crippen LogP) is 4.63. The summed E-state index contributed by atoms with van der Waals surface area (Å²) in [6.45, 7) is 4.49. The fraction of sp³-hybridized carbons (Fsp3) is 0.368. The number of rotatable bonds is 7. The van der Waals surface area contributed by atoms with Crippen molar-refractivity contribution in [3.05, 3.63) is 40.4 Å². The minimum Gasteiger partial charge on any atom is -0.493 e. The van der Waals surface area contributed by atoms with Crippen LogP contribution in [0.2, 0.25) is 0 Å². The molecule has 3 rings (SSSR count). The number of ether oxygens (including phenoxy) is 4. The summed E-state index contributed by atoms with van der Waals surface area (Å²) in [7, 11) is 1.65. The summed E-state index contributed by atoms with van der Waals surface area (Å²) in [5.41, 5.74) is 1.98. The van der Waals surface area contributed by atoms with Crippen molar-refractivity contribution in [1.29, 1.82) is 0 Å². The van der Waals surface area contributed by atoms with Gasteiger partial charge in [-0.05, 0) is 30.7 Å². The van der Waals surface area contributed by atoms with Gasteiger partial charge in [-0.2, -0.15) is 0 Å². The Morgan fingerprint density at radius 2 is 1.92 bits per heavy atom. The first-order valence-corrected chi connectivity index (χ1v) is 9.14. The largest absolute Gasteiger partial charge is 0.493 e. The lowest BCUT2D eigenvalue weighted by atomic mass is 10.1. The molecule has 0 unspecified atom stereocenters. The minimum absolute atomic E-state index is 0.576. The molecule has 0 radical (unpaired) electrons. The van der Waals surface area contributed by atoms with Crippen LogP contribution in [0.15, 0.2) is 34.8 Å². The monoisotopic (exact) mass is 407 g/mol. The molecular weight excluding hydrogens is 386 g/mol. The zero-order valence-corrected chi connectivity index (χ0v) is 16.0. The Hall–Kier alpha value is -2.08. The number of halogens is 1. The second-order valence-electron chi connectivity index (χ2n) is 5.62. The molecule has 1 heterocycles. The van der Waals surface area contributed by atoms with Crippen LogP contribution in [-0.4, -0.2) is 26.9 Å². The number of nitrogens with one attached hydrogen (secondary N) is 1. The van der Waals surface area contributed by atoms with Gasteiger partial charge >= 0.3 is 0 Å². The third-order valence-corrected chi connectivity index (χ3v) is 4.59. The fourth-order valence-electron chi connectivity index (χ4n) is 2.61. The molecule has 0 saturated heterocycles. The van der Waals surface area contributed by atoms with Gasteiger partial charge in [0, 0.05) is 28.3 Å².